The third kappa shape index (κ3) is 5.88. The first-order valence-corrected chi connectivity index (χ1v) is 11.6. The summed E-state index contributed by atoms with van der Waals surface area (Å²) in [7, 11) is 1.44. The number of fused-ring (bicyclic) bond motifs is 1. The summed E-state index contributed by atoms with van der Waals surface area (Å²) < 4.78 is 10.6. The molecule has 1 atom stereocenters. The number of benzene rings is 1. The molecule has 0 saturated carbocycles. The number of likely N-dealkylation sites (tertiary alicyclic amines) is 1. The highest BCUT2D eigenvalue weighted by Gasteiger charge is 2.26. The summed E-state index contributed by atoms with van der Waals surface area (Å²) in [6, 6.07) is 7.97. The van der Waals surface area contributed by atoms with Gasteiger partial charge >= 0.3 is 5.97 Å². The van der Waals surface area contributed by atoms with Crippen LogP contribution in [0.5, 0.6) is 5.75 Å². The van der Waals surface area contributed by atoms with Gasteiger partial charge in [-0.15, -0.1) is 0 Å². The van der Waals surface area contributed by atoms with Crippen molar-refractivity contribution in [1.82, 2.24) is 20.4 Å². The van der Waals surface area contributed by atoms with Crippen LogP contribution in [0.15, 0.2) is 24.3 Å². The molecule has 1 aromatic carbocycles. The number of H-pyrrole nitrogens is 1. The molecule has 8 nitrogen and oxygen atoms in total. The lowest BCUT2D eigenvalue weighted by molar-refractivity contribution is -0.147. The number of aromatic amines is 1. The van der Waals surface area contributed by atoms with Crippen LogP contribution >= 0.6 is 0 Å². The number of piperidine rings is 1. The smallest absolute Gasteiger partial charge is 0.308 e. The van der Waals surface area contributed by atoms with Gasteiger partial charge in [-0.3, -0.25) is 9.89 Å². The number of aryl methyl sites for hydroxylation is 1. The van der Waals surface area contributed by atoms with Gasteiger partial charge in [-0.1, -0.05) is 12.1 Å². The highest BCUT2D eigenvalue weighted by Crippen LogP contribution is 2.23. The maximum absolute atomic E-state index is 11.6. The molecule has 32 heavy (non-hydrogen) atoms. The van der Waals surface area contributed by atoms with Gasteiger partial charge in [0.2, 0.25) is 0 Å². The number of aromatic nitrogens is 2. The molecule has 0 radical (unpaired) electrons. The van der Waals surface area contributed by atoms with Crippen LogP contribution in [0.3, 0.4) is 0 Å². The maximum atomic E-state index is 11.6. The van der Waals surface area contributed by atoms with Crippen LogP contribution < -0.4 is 10.1 Å². The van der Waals surface area contributed by atoms with Crippen LogP contribution in [-0.2, 0) is 35.5 Å². The number of esters is 1. The summed E-state index contributed by atoms with van der Waals surface area (Å²) in [6.07, 6.45) is 4.46. The van der Waals surface area contributed by atoms with Gasteiger partial charge in [0.05, 0.1) is 18.7 Å². The van der Waals surface area contributed by atoms with E-state index in [9.17, 15) is 9.90 Å². The number of hydrogen-bond donors (Lipinski definition) is 3. The number of nitrogens with zero attached hydrogens (tertiary/aromatic N) is 2. The van der Waals surface area contributed by atoms with Crippen molar-refractivity contribution >= 4 is 5.97 Å². The molecular formula is C24H34N4O4. The number of carbonyl (C=O) groups excluding carboxylic acids is 1. The van der Waals surface area contributed by atoms with Crippen molar-refractivity contribution in [2.24, 2.45) is 5.92 Å². The average Bonchev–Trinajstić information content (AvgIpc) is 3.43. The van der Waals surface area contributed by atoms with E-state index in [0.29, 0.717) is 6.54 Å². The number of hydrogen-bond acceptors (Lipinski definition) is 7. The lowest BCUT2D eigenvalue weighted by Gasteiger charge is -2.31. The molecule has 3 N–H and O–H groups in total. The number of aliphatic hydroxyl groups excluding tert-OH is 1. The van der Waals surface area contributed by atoms with E-state index in [1.54, 1.807) is 0 Å². The standard InChI is InChI=1S/C24H34N4O4/c1-31-24(30)18-9-11-28(12-10-18)15-19(29)16-32-20-7-5-17(6-8-20)13-25-14-23-21-3-2-4-22(21)26-27-23/h5-8,18-19,25,29H,2-4,9-16H2,1H3,(H,26,27). The van der Waals surface area contributed by atoms with E-state index in [0.717, 1.165) is 63.3 Å². The molecule has 0 spiro atoms. The molecule has 1 aliphatic carbocycles. The fraction of sp³-hybridized carbons (Fsp3) is 0.583. The Morgan fingerprint density at radius 3 is 2.78 bits per heavy atom. The van der Waals surface area contributed by atoms with E-state index in [4.69, 9.17) is 9.47 Å². The second-order valence-electron chi connectivity index (χ2n) is 8.79. The van der Waals surface area contributed by atoms with Crippen LogP contribution in [0.1, 0.15) is 41.8 Å². The second kappa shape index (κ2) is 10.9. The molecule has 4 rings (SSSR count). The Morgan fingerprint density at radius 2 is 2.03 bits per heavy atom. The number of nitrogens with one attached hydrogen (secondary N) is 2. The highest BCUT2D eigenvalue weighted by atomic mass is 16.5. The van der Waals surface area contributed by atoms with Crippen LogP contribution in [0.4, 0.5) is 0 Å². The van der Waals surface area contributed by atoms with E-state index >= 15 is 0 Å². The van der Waals surface area contributed by atoms with E-state index in [-0.39, 0.29) is 18.5 Å². The Bertz CT molecular complexity index is 875. The Hall–Kier alpha value is -2.42. The first kappa shape index (κ1) is 22.8. The Balaban J connectivity index is 1.13. The molecule has 2 aromatic rings. The zero-order chi connectivity index (χ0) is 22.3. The van der Waals surface area contributed by atoms with Crippen molar-refractivity contribution < 1.29 is 19.4 Å². The average molecular weight is 443 g/mol. The van der Waals surface area contributed by atoms with Gasteiger partial charge in [0.15, 0.2) is 0 Å². The molecule has 1 aromatic heterocycles. The van der Waals surface area contributed by atoms with Gasteiger partial charge < -0.3 is 24.8 Å². The van der Waals surface area contributed by atoms with Crippen molar-refractivity contribution in [2.45, 2.75) is 51.3 Å². The Morgan fingerprint density at radius 1 is 1.25 bits per heavy atom. The topological polar surface area (TPSA) is 99.7 Å². The Labute approximate surface area is 189 Å². The van der Waals surface area contributed by atoms with Crippen molar-refractivity contribution in [3.63, 3.8) is 0 Å². The minimum atomic E-state index is -0.568. The number of aliphatic hydroxyl groups is 1. The fourth-order valence-corrected chi connectivity index (χ4v) is 4.62. The van der Waals surface area contributed by atoms with E-state index < -0.39 is 6.10 Å². The molecule has 1 unspecified atom stereocenters. The van der Waals surface area contributed by atoms with Gasteiger partial charge in [0, 0.05) is 25.3 Å². The van der Waals surface area contributed by atoms with Crippen LogP contribution in [0, 0.1) is 5.92 Å². The minimum Gasteiger partial charge on any atom is -0.491 e. The first-order chi connectivity index (χ1) is 15.6. The van der Waals surface area contributed by atoms with Gasteiger partial charge in [-0.2, -0.15) is 5.10 Å². The molecule has 1 fully saturated rings. The van der Waals surface area contributed by atoms with E-state index in [2.05, 4.69) is 20.4 Å². The monoisotopic (exact) mass is 442 g/mol. The molecule has 8 heteroatoms. The molecule has 0 amide bonds. The van der Waals surface area contributed by atoms with Gasteiger partial charge in [-0.25, -0.2) is 0 Å². The molecule has 1 saturated heterocycles. The van der Waals surface area contributed by atoms with Crippen LogP contribution in [-0.4, -0.2) is 65.6 Å². The zero-order valence-electron chi connectivity index (χ0n) is 18.8. The molecule has 2 aliphatic rings. The quantitative estimate of drug-likeness (QED) is 0.483. The van der Waals surface area contributed by atoms with Crippen LogP contribution in [0.25, 0.3) is 0 Å². The number of β-amino-alcohol motifs (C(OH)–C–C–N with tert-alkyl or cyclic N) is 1. The zero-order valence-corrected chi connectivity index (χ0v) is 18.8. The minimum absolute atomic E-state index is 0.0160. The number of methoxy groups -OCH3 is 1. The molecule has 2 heterocycles. The summed E-state index contributed by atoms with van der Waals surface area (Å²) in [5.41, 5.74) is 5.02. The normalized spacial score (nSPS) is 17.8. The van der Waals surface area contributed by atoms with Gasteiger partial charge in [0.1, 0.15) is 18.5 Å². The fourth-order valence-electron chi connectivity index (χ4n) is 4.62. The molecule has 1 aliphatic heterocycles. The lowest BCUT2D eigenvalue weighted by atomic mass is 9.97. The lowest BCUT2D eigenvalue weighted by Crippen LogP contribution is -2.42. The SMILES string of the molecule is COC(=O)C1CCN(CC(O)COc2ccc(CNCc3n[nH]c4c3CCC4)cc2)CC1. The second-order valence-corrected chi connectivity index (χ2v) is 8.79. The summed E-state index contributed by atoms with van der Waals surface area (Å²) in [5, 5.41) is 21.4. The van der Waals surface area contributed by atoms with Crippen LogP contribution in [0.2, 0.25) is 0 Å². The van der Waals surface area contributed by atoms with E-state index in [1.807, 2.05) is 24.3 Å². The number of ether oxygens (including phenoxy) is 2. The molecule has 174 valence electrons. The largest absolute Gasteiger partial charge is 0.491 e. The van der Waals surface area contributed by atoms with Gasteiger partial charge in [0.25, 0.3) is 0 Å². The summed E-state index contributed by atoms with van der Waals surface area (Å²) in [6.45, 7) is 3.92. The predicted octanol–water partition coefficient (Wildman–Crippen LogP) is 1.81. The number of carbonyl (C=O) groups is 1. The molecule has 0 bridgehead atoms. The molecular weight excluding hydrogens is 408 g/mol. The maximum Gasteiger partial charge on any atom is 0.308 e. The van der Waals surface area contributed by atoms with Gasteiger partial charge in [-0.05, 0) is 68.5 Å². The number of rotatable bonds is 10. The van der Waals surface area contributed by atoms with E-state index in [1.165, 1.54) is 30.4 Å². The predicted molar refractivity (Wildman–Crippen MR) is 120 cm³/mol. The van der Waals surface area contributed by atoms with Crippen molar-refractivity contribution in [3.05, 3.63) is 46.8 Å². The first-order valence-electron chi connectivity index (χ1n) is 11.6. The third-order valence-corrected chi connectivity index (χ3v) is 6.47. The summed E-state index contributed by atoms with van der Waals surface area (Å²) >= 11 is 0. The summed E-state index contributed by atoms with van der Waals surface area (Å²) in [5.74, 6) is 0.608. The highest BCUT2D eigenvalue weighted by molar-refractivity contribution is 5.72. The van der Waals surface area contributed by atoms with Crippen molar-refractivity contribution in [1.29, 1.82) is 0 Å². The summed E-state index contributed by atoms with van der Waals surface area (Å²) in [4.78, 5) is 13.8. The van der Waals surface area contributed by atoms with Crippen molar-refractivity contribution in [2.75, 3.05) is 33.4 Å². The third-order valence-electron chi connectivity index (χ3n) is 6.47. The Kier molecular flexibility index (Phi) is 7.78. The van der Waals surface area contributed by atoms with Crippen molar-refractivity contribution in [3.8, 4) is 5.75 Å².